The summed E-state index contributed by atoms with van der Waals surface area (Å²) in [6.45, 7) is 0.223. The fraction of sp³-hybridized carbons (Fsp3) is 0.400. The molecule has 70 valence electrons. The van der Waals surface area contributed by atoms with Crippen LogP contribution in [0, 0.1) is 0 Å². The van der Waals surface area contributed by atoms with E-state index in [4.69, 9.17) is 5.11 Å². The zero-order chi connectivity index (χ0) is 9.26. The van der Waals surface area contributed by atoms with Gasteiger partial charge < -0.3 is 10.2 Å². The number of hydrogen-bond donors (Lipinski definition) is 2. The Balaban J connectivity index is 2.29. The Morgan fingerprint density at radius 3 is 3.08 bits per heavy atom. The van der Waals surface area contributed by atoms with Gasteiger partial charge in [-0.2, -0.15) is 0 Å². The maximum atomic E-state index is 9.31. The highest BCUT2D eigenvalue weighted by molar-refractivity contribution is 7.99. The Labute approximate surface area is 81.6 Å². The minimum absolute atomic E-state index is 0.223. The first-order valence-electron chi connectivity index (χ1n) is 4.38. The summed E-state index contributed by atoms with van der Waals surface area (Å²) in [5.41, 5.74) is 1.19. The van der Waals surface area contributed by atoms with Crippen molar-refractivity contribution in [2.45, 2.75) is 17.2 Å². The van der Waals surface area contributed by atoms with E-state index in [-0.39, 0.29) is 6.61 Å². The summed E-state index contributed by atoms with van der Waals surface area (Å²) in [5, 5.41) is 18.2. The molecule has 1 atom stereocenters. The number of aromatic hydroxyl groups is 1. The molecule has 1 aromatic rings. The number of rotatable bonds is 2. The molecule has 1 aliphatic rings. The average Bonchev–Trinajstić information content (AvgIpc) is 2.49. The third-order valence-corrected chi connectivity index (χ3v) is 3.60. The van der Waals surface area contributed by atoms with Gasteiger partial charge in [0.15, 0.2) is 0 Å². The molecule has 0 saturated carbocycles. The highest BCUT2D eigenvalue weighted by Gasteiger charge is 2.22. The molecule has 0 bridgehead atoms. The van der Waals surface area contributed by atoms with Crippen LogP contribution in [-0.4, -0.2) is 22.6 Å². The Morgan fingerprint density at radius 1 is 1.46 bits per heavy atom. The van der Waals surface area contributed by atoms with E-state index in [1.54, 1.807) is 17.8 Å². The van der Waals surface area contributed by atoms with Crippen LogP contribution in [0.3, 0.4) is 0 Å². The fourth-order valence-electron chi connectivity index (χ4n) is 1.66. The van der Waals surface area contributed by atoms with Gasteiger partial charge in [0.25, 0.3) is 0 Å². The highest BCUT2D eigenvalue weighted by atomic mass is 32.2. The largest absolute Gasteiger partial charge is 0.508 e. The molecule has 0 aliphatic carbocycles. The van der Waals surface area contributed by atoms with Crippen LogP contribution >= 0.6 is 11.8 Å². The lowest BCUT2D eigenvalue weighted by Gasteiger charge is -2.07. The van der Waals surface area contributed by atoms with Crippen LogP contribution in [0.25, 0.3) is 0 Å². The quantitative estimate of drug-likeness (QED) is 0.759. The maximum Gasteiger partial charge on any atom is 0.115 e. The van der Waals surface area contributed by atoms with Gasteiger partial charge in [-0.3, -0.25) is 0 Å². The van der Waals surface area contributed by atoms with Crippen molar-refractivity contribution in [2.75, 3.05) is 12.4 Å². The topological polar surface area (TPSA) is 40.5 Å². The van der Waals surface area contributed by atoms with Crippen molar-refractivity contribution in [3.05, 3.63) is 23.8 Å². The summed E-state index contributed by atoms with van der Waals surface area (Å²) >= 11 is 1.80. The number of aliphatic hydroxyl groups excluding tert-OH is 1. The number of phenols is 1. The molecule has 0 aromatic heterocycles. The number of hydrogen-bond acceptors (Lipinski definition) is 3. The third kappa shape index (κ3) is 1.67. The lowest BCUT2D eigenvalue weighted by atomic mass is 9.98. The van der Waals surface area contributed by atoms with E-state index in [2.05, 4.69) is 0 Å². The summed E-state index contributed by atoms with van der Waals surface area (Å²) < 4.78 is 0. The average molecular weight is 196 g/mol. The van der Waals surface area contributed by atoms with Gasteiger partial charge in [-0.1, -0.05) is 0 Å². The lowest BCUT2D eigenvalue weighted by Crippen LogP contribution is -1.99. The molecule has 0 saturated heterocycles. The number of fused-ring (bicyclic) bond motifs is 1. The van der Waals surface area contributed by atoms with Gasteiger partial charge in [0.2, 0.25) is 0 Å². The van der Waals surface area contributed by atoms with E-state index < -0.39 is 0 Å². The zero-order valence-electron chi connectivity index (χ0n) is 7.23. The Hall–Kier alpha value is -0.670. The number of aliphatic hydroxyl groups is 1. The molecule has 13 heavy (non-hydrogen) atoms. The van der Waals surface area contributed by atoms with Crippen LogP contribution in [0.2, 0.25) is 0 Å². The summed E-state index contributed by atoms with van der Waals surface area (Å²) in [4.78, 5) is 1.25. The minimum Gasteiger partial charge on any atom is -0.508 e. The van der Waals surface area contributed by atoms with Crippen LogP contribution in [0.15, 0.2) is 23.1 Å². The molecule has 1 heterocycles. The molecule has 1 unspecified atom stereocenters. The van der Waals surface area contributed by atoms with E-state index in [1.165, 1.54) is 10.5 Å². The second-order valence-electron chi connectivity index (χ2n) is 3.24. The molecule has 1 aliphatic heterocycles. The summed E-state index contributed by atoms with van der Waals surface area (Å²) in [7, 11) is 0. The van der Waals surface area contributed by atoms with E-state index >= 15 is 0 Å². The van der Waals surface area contributed by atoms with Crippen molar-refractivity contribution >= 4 is 11.8 Å². The third-order valence-electron chi connectivity index (χ3n) is 2.35. The van der Waals surface area contributed by atoms with Crippen LogP contribution < -0.4 is 0 Å². The molecule has 2 nitrogen and oxygen atoms in total. The number of benzene rings is 1. The highest BCUT2D eigenvalue weighted by Crippen LogP contribution is 2.42. The summed E-state index contributed by atoms with van der Waals surface area (Å²) in [5.74, 6) is 1.76. The first-order valence-corrected chi connectivity index (χ1v) is 5.36. The normalized spacial score (nSPS) is 20.2. The molecule has 2 rings (SSSR count). The molecule has 0 amide bonds. The fourth-order valence-corrected chi connectivity index (χ4v) is 2.94. The Morgan fingerprint density at radius 2 is 2.31 bits per heavy atom. The SMILES string of the molecule is OCCC1CSc2ccc(O)cc21. The Bertz CT molecular complexity index is 310. The van der Waals surface area contributed by atoms with Crippen molar-refractivity contribution in [1.29, 1.82) is 0 Å². The second-order valence-corrected chi connectivity index (χ2v) is 4.30. The van der Waals surface area contributed by atoms with Gasteiger partial charge in [-0.25, -0.2) is 0 Å². The van der Waals surface area contributed by atoms with Crippen LogP contribution in [0.4, 0.5) is 0 Å². The van der Waals surface area contributed by atoms with Crippen molar-refractivity contribution in [3.8, 4) is 5.75 Å². The van der Waals surface area contributed by atoms with Crippen LogP contribution in [0.1, 0.15) is 17.9 Å². The maximum absolute atomic E-state index is 9.31. The van der Waals surface area contributed by atoms with E-state index in [0.29, 0.717) is 11.7 Å². The standard InChI is InChI=1S/C10H12O2S/c11-4-3-7-6-13-10-2-1-8(12)5-9(7)10/h1-2,5,7,11-12H,3-4,6H2. The van der Waals surface area contributed by atoms with E-state index in [1.807, 2.05) is 12.1 Å². The zero-order valence-corrected chi connectivity index (χ0v) is 8.05. The number of phenolic OH excluding ortho intramolecular Hbond substituents is 1. The van der Waals surface area contributed by atoms with Crippen molar-refractivity contribution in [3.63, 3.8) is 0 Å². The number of thioether (sulfide) groups is 1. The molecule has 0 spiro atoms. The van der Waals surface area contributed by atoms with Crippen molar-refractivity contribution in [1.82, 2.24) is 0 Å². The molecule has 0 fully saturated rings. The Kier molecular flexibility index (Phi) is 2.47. The van der Waals surface area contributed by atoms with Crippen molar-refractivity contribution in [2.24, 2.45) is 0 Å². The molecular weight excluding hydrogens is 184 g/mol. The summed E-state index contributed by atoms with van der Waals surface area (Å²) in [6, 6.07) is 5.48. The molecule has 0 radical (unpaired) electrons. The van der Waals surface area contributed by atoms with Gasteiger partial charge >= 0.3 is 0 Å². The van der Waals surface area contributed by atoms with Crippen LogP contribution in [-0.2, 0) is 0 Å². The van der Waals surface area contributed by atoms with Crippen molar-refractivity contribution < 1.29 is 10.2 Å². The van der Waals surface area contributed by atoms with Gasteiger partial charge in [0.1, 0.15) is 5.75 Å². The molecule has 2 N–H and O–H groups in total. The molecule has 3 heteroatoms. The summed E-state index contributed by atoms with van der Waals surface area (Å²) in [6.07, 6.45) is 0.795. The molecular formula is C10H12O2S. The van der Waals surface area contributed by atoms with Crippen LogP contribution in [0.5, 0.6) is 5.75 Å². The van der Waals surface area contributed by atoms with Gasteiger partial charge in [-0.15, -0.1) is 11.8 Å². The first-order chi connectivity index (χ1) is 6.31. The smallest absolute Gasteiger partial charge is 0.115 e. The molecule has 1 aromatic carbocycles. The minimum atomic E-state index is 0.223. The second kappa shape index (κ2) is 3.60. The van der Waals surface area contributed by atoms with Gasteiger partial charge in [-0.05, 0) is 36.1 Å². The first kappa shape index (κ1) is 8.91. The predicted octanol–water partition coefficient (Wildman–Crippen LogP) is 1.96. The van der Waals surface area contributed by atoms with E-state index in [0.717, 1.165) is 12.2 Å². The van der Waals surface area contributed by atoms with E-state index in [9.17, 15) is 5.11 Å². The monoisotopic (exact) mass is 196 g/mol. The lowest BCUT2D eigenvalue weighted by molar-refractivity contribution is 0.279. The van der Waals surface area contributed by atoms with Gasteiger partial charge in [0.05, 0.1) is 0 Å². The van der Waals surface area contributed by atoms with Gasteiger partial charge in [0, 0.05) is 17.3 Å². The predicted molar refractivity (Wildman–Crippen MR) is 53.3 cm³/mol.